The third kappa shape index (κ3) is 12.2. The number of hydrogen-bond donors (Lipinski definition) is 0. The number of aryl methyl sites for hydroxylation is 2. The molecule has 0 aliphatic carbocycles. The summed E-state index contributed by atoms with van der Waals surface area (Å²) in [6, 6.07) is 15.4. The first-order valence-electron chi connectivity index (χ1n) is 20.1. The van der Waals surface area contributed by atoms with Gasteiger partial charge < -0.3 is 0 Å². The van der Waals surface area contributed by atoms with Crippen LogP contribution in [0.4, 0.5) is 0 Å². The average molecular weight is 783 g/mol. The zero-order valence-corrected chi connectivity index (χ0v) is 34.3. The van der Waals surface area contributed by atoms with Crippen LogP contribution in [0, 0.1) is 0 Å². The number of unbranched alkanes of at least 4 members (excludes halogenated alkanes) is 22. The molecule has 0 radical (unpaired) electrons. The summed E-state index contributed by atoms with van der Waals surface area (Å²) in [5.41, 5.74) is 0. The maximum absolute atomic E-state index is 2.57. The molecule has 5 rings (SSSR count). The number of benzene rings is 2. The van der Waals surface area contributed by atoms with Gasteiger partial charge in [0.25, 0.3) is 0 Å². The first kappa shape index (κ1) is 37.4. The predicted molar refractivity (Wildman–Crippen MR) is 218 cm³/mol. The molecule has 0 N–H and O–H groups in total. The Morgan fingerprint density at radius 3 is 1.04 bits per heavy atom. The summed E-state index contributed by atoms with van der Waals surface area (Å²) >= 11 is 3.12. The average Bonchev–Trinajstić information content (AvgIpc) is 3.77. The van der Waals surface area contributed by atoms with Gasteiger partial charge in [0.05, 0.1) is 0 Å². The zero-order chi connectivity index (χ0) is 32.5. The van der Waals surface area contributed by atoms with Crippen LogP contribution >= 0.6 is 11.3 Å². The second-order valence-corrected chi connectivity index (χ2v) is 20.6. The quantitative estimate of drug-likeness (QED) is 0.0387. The molecule has 47 heavy (non-hydrogen) atoms. The second-order valence-electron chi connectivity index (χ2n) is 14.6. The van der Waals surface area contributed by atoms with Gasteiger partial charge in [-0.15, -0.1) is 0 Å². The third-order valence-corrected chi connectivity index (χ3v) is 16.4. The maximum atomic E-state index is 2.57. The summed E-state index contributed by atoms with van der Waals surface area (Å²) in [5, 5.41) is 6.05. The van der Waals surface area contributed by atoms with Crippen molar-refractivity contribution in [2.45, 2.75) is 181 Å². The molecule has 0 nitrogen and oxygen atoms in total. The summed E-state index contributed by atoms with van der Waals surface area (Å²) in [5.74, 6) is 0. The monoisotopic (exact) mass is 784 g/mol. The Morgan fingerprint density at radius 2 is 0.702 bits per heavy atom. The van der Waals surface area contributed by atoms with Crippen LogP contribution < -0.4 is 0 Å². The van der Waals surface area contributed by atoms with Gasteiger partial charge in [-0.25, -0.2) is 0 Å². The van der Waals surface area contributed by atoms with E-state index in [-0.39, 0.29) is 0 Å². The third-order valence-electron chi connectivity index (χ3n) is 10.4. The van der Waals surface area contributed by atoms with Gasteiger partial charge in [-0.1, -0.05) is 39.5 Å². The van der Waals surface area contributed by atoms with Crippen molar-refractivity contribution in [3.8, 4) is 0 Å². The summed E-state index contributed by atoms with van der Waals surface area (Å²) < 4.78 is 9.75. The van der Waals surface area contributed by atoms with E-state index in [4.69, 9.17) is 0 Å². The standard InChI is InChI=1S/C44H64SSe2/c1-3-5-7-9-11-13-15-17-19-21-23-25-27-37-29-35-31-39-40-32-36-30-38(28-26-24-22-20-18-16-14-12-10-8-6-4-2)47-44(36)34-42(40)45-41(39)33-43(35)46-37/h29-34H,3-28H2,1-2H3. The van der Waals surface area contributed by atoms with Gasteiger partial charge >= 0.3 is 266 Å². The van der Waals surface area contributed by atoms with Crippen molar-refractivity contribution < 1.29 is 0 Å². The van der Waals surface area contributed by atoms with Crippen LogP contribution in [0.2, 0.25) is 0 Å². The molecule has 0 atom stereocenters. The minimum atomic E-state index is 0.536. The van der Waals surface area contributed by atoms with E-state index in [9.17, 15) is 0 Å². The van der Waals surface area contributed by atoms with Crippen molar-refractivity contribution in [1.29, 1.82) is 0 Å². The van der Waals surface area contributed by atoms with Gasteiger partial charge in [-0.3, -0.25) is 0 Å². The van der Waals surface area contributed by atoms with Gasteiger partial charge in [0, 0.05) is 0 Å². The van der Waals surface area contributed by atoms with E-state index in [0.717, 1.165) is 0 Å². The SMILES string of the molecule is CCCCCCCCCCCCCCc1cc2cc3c(cc2[se]1)sc1cc2[se]c(CCCCCCCCCCCCCC)cc2cc13. The molecular formula is C44H64SSe2. The number of hydrogen-bond acceptors (Lipinski definition) is 1. The first-order chi connectivity index (χ1) is 23.2. The molecule has 3 heteroatoms. The van der Waals surface area contributed by atoms with Gasteiger partial charge in [-0.05, 0) is 0 Å². The van der Waals surface area contributed by atoms with Gasteiger partial charge in [0.2, 0.25) is 0 Å². The molecule has 0 unspecified atom stereocenters. The van der Waals surface area contributed by atoms with E-state index in [2.05, 4.69) is 50.2 Å². The fourth-order valence-electron chi connectivity index (χ4n) is 7.48. The van der Waals surface area contributed by atoms with Crippen LogP contribution in [-0.4, -0.2) is 29.0 Å². The summed E-state index contributed by atoms with van der Waals surface area (Å²) in [4.78, 5) is 0. The van der Waals surface area contributed by atoms with Gasteiger partial charge in [0.15, 0.2) is 0 Å². The van der Waals surface area contributed by atoms with E-state index in [0.29, 0.717) is 29.0 Å². The number of fused-ring (bicyclic) bond motifs is 5. The molecular weight excluding hydrogens is 718 g/mol. The zero-order valence-electron chi connectivity index (χ0n) is 30.1. The van der Waals surface area contributed by atoms with Crippen molar-refractivity contribution >= 4 is 79.8 Å². The molecule has 0 saturated carbocycles. The molecule has 258 valence electrons. The summed E-state index contributed by atoms with van der Waals surface area (Å²) in [7, 11) is 0. The van der Waals surface area contributed by atoms with E-state index >= 15 is 0 Å². The Morgan fingerprint density at radius 1 is 0.383 bits per heavy atom. The van der Waals surface area contributed by atoms with Crippen molar-refractivity contribution in [3.05, 3.63) is 45.3 Å². The van der Waals surface area contributed by atoms with Crippen molar-refractivity contribution in [2.75, 3.05) is 0 Å². The van der Waals surface area contributed by atoms with Crippen LogP contribution in [0.5, 0.6) is 0 Å². The van der Waals surface area contributed by atoms with Crippen molar-refractivity contribution in [2.24, 2.45) is 0 Å². The second kappa shape index (κ2) is 21.4. The molecule has 0 bridgehead atoms. The molecule has 3 heterocycles. The predicted octanol–water partition coefficient (Wildman–Crippen LogP) is 15.0. The summed E-state index contributed by atoms with van der Waals surface area (Å²) in [6.45, 7) is 4.62. The van der Waals surface area contributed by atoms with Crippen LogP contribution in [-0.2, 0) is 12.8 Å². The molecule has 5 aromatic rings. The molecule has 0 saturated heterocycles. The van der Waals surface area contributed by atoms with Crippen LogP contribution in [0.3, 0.4) is 0 Å². The van der Waals surface area contributed by atoms with Gasteiger partial charge in [0.1, 0.15) is 0 Å². The molecule has 0 fully saturated rings. The Hall–Kier alpha value is -0.821. The van der Waals surface area contributed by atoms with Crippen molar-refractivity contribution in [3.63, 3.8) is 0 Å². The van der Waals surface area contributed by atoms with Crippen LogP contribution in [0.1, 0.15) is 177 Å². The van der Waals surface area contributed by atoms with E-state index in [1.165, 1.54) is 198 Å². The molecule has 3 aromatic heterocycles. The Labute approximate surface area is 304 Å². The Kier molecular flexibility index (Phi) is 17.1. The normalized spacial score (nSPS) is 12.1. The van der Waals surface area contributed by atoms with Crippen LogP contribution in [0.15, 0.2) is 36.4 Å². The number of rotatable bonds is 26. The van der Waals surface area contributed by atoms with Crippen LogP contribution in [0.25, 0.3) is 39.5 Å². The molecule has 0 aliphatic rings. The van der Waals surface area contributed by atoms with E-state index < -0.39 is 0 Å². The number of thiophene rings is 1. The Bertz CT molecular complexity index is 1470. The molecule has 0 spiro atoms. The van der Waals surface area contributed by atoms with Gasteiger partial charge in [-0.2, -0.15) is 0 Å². The minimum absolute atomic E-state index is 0.536. The van der Waals surface area contributed by atoms with E-state index in [1.54, 1.807) is 17.4 Å². The summed E-state index contributed by atoms with van der Waals surface area (Å²) in [6.07, 6.45) is 37.1. The van der Waals surface area contributed by atoms with E-state index in [1.807, 2.05) is 11.3 Å². The Balaban J connectivity index is 1.03. The molecule has 2 aromatic carbocycles. The fraction of sp³-hybridized carbons (Fsp3) is 0.636. The van der Waals surface area contributed by atoms with Crippen molar-refractivity contribution in [1.82, 2.24) is 0 Å². The first-order valence-corrected chi connectivity index (χ1v) is 24.3. The topological polar surface area (TPSA) is 0 Å². The fourth-order valence-corrected chi connectivity index (χ4v) is 13.7. The molecule has 0 aliphatic heterocycles. The molecule has 0 amide bonds.